The third-order valence-electron chi connectivity index (χ3n) is 3.23. The van der Waals surface area contributed by atoms with Crippen LogP contribution in [0.1, 0.15) is 31.3 Å². The highest BCUT2D eigenvalue weighted by Gasteiger charge is 2.37. The summed E-state index contributed by atoms with van der Waals surface area (Å²) < 4.78 is 45.2. The molecule has 2 N–H and O–H groups in total. The lowest BCUT2D eigenvalue weighted by Crippen LogP contribution is -2.44. The Morgan fingerprint density at radius 2 is 2.00 bits per heavy atom. The molecule has 2 heterocycles. The van der Waals surface area contributed by atoms with Gasteiger partial charge in [0.25, 0.3) is 0 Å². The molecule has 144 valence electrons. The first kappa shape index (κ1) is 20.0. The maximum Gasteiger partial charge on any atom is 0.435 e. The van der Waals surface area contributed by atoms with Crippen LogP contribution in [0.5, 0.6) is 0 Å². The third-order valence-corrected chi connectivity index (χ3v) is 4.45. The molecule has 1 atom stereocenters. The second-order valence-corrected chi connectivity index (χ2v) is 7.76. The smallest absolute Gasteiger partial charge is 0.435 e. The number of carbonyl (C=O) groups excluding carboxylic acids is 1. The minimum Gasteiger partial charge on any atom is -0.480 e. The van der Waals surface area contributed by atoms with Gasteiger partial charge < -0.3 is 15.2 Å². The van der Waals surface area contributed by atoms with Crippen LogP contribution in [-0.2, 0) is 29.2 Å². The molecule has 2 rings (SSSR count). The zero-order chi connectivity index (χ0) is 19.9. The van der Waals surface area contributed by atoms with Crippen molar-refractivity contribution in [1.82, 2.24) is 15.1 Å². The number of carboxylic acid groups (broad SMARTS) is 1. The van der Waals surface area contributed by atoms with Gasteiger partial charge in [-0.05, 0) is 26.8 Å². The molecule has 7 nitrogen and oxygen atoms in total. The molecule has 0 saturated carbocycles. The van der Waals surface area contributed by atoms with Crippen molar-refractivity contribution < 1.29 is 32.6 Å². The minimum absolute atomic E-state index is 0.0959. The number of nitrogens with zero attached hydrogens (tertiary/aromatic N) is 2. The fraction of sp³-hybridized carbons (Fsp3) is 0.533. The Bertz CT molecular complexity index is 836. The number of aryl methyl sites for hydroxylation is 1. The summed E-state index contributed by atoms with van der Waals surface area (Å²) in [5.41, 5.74) is -1.83. The van der Waals surface area contributed by atoms with Crippen molar-refractivity contribution in [3.05, 3.63) is 16.6 Å². The van der Waals surface area contributed by atoms with Gasteiger partial charge in [0.05, 0.1) is 0 Å². The monoisotopic (exact) mass is 393 g/mol. The van der Waals surface area contributed by atoms with Gasteiger partial charge >= 0.3 is 18.2 Å². The standard InChI is InChI=1S/C15H18F3N3O4S/c1-14(2,3)25-13(24)19-9(12(22)23)6-7-5-8-10(15(16,17)18)20-21(4)11(8)26-7/h5,9H,6H2,1-4H3,(H,19,24)(H,22,23). The summed E-state index contributed by atoms with van der Waals surface area (Å²) in [5.74, 6) is -1.32. The second-order valence-electron chi connectivity index (χ2n) is 6.64. The van der Waals surface area contributed by atoms with Gasteiger partial charge in [-0.25, -0.2) is 9.59 Å². The van der Waals surface area contributed by atoms with Gasteiger partial charge in [-0.1, -0.05) is 0 Å². The minimum atomic E-state index is -4.61. The number of alkyl halides is 3. The zero-order valence-corrected chi connectivity index (χ0v) is 15.3. The van der Waals surface area contributed by atoms with Gasteiger partial charge in [0.15, 0.2) is 5.69 Å². The average molecular weight is 393 g/mol. The zero-order valence-electron chi connectivity index (χ0n) is 14.5. The number of carboxylic acids is 1. The number of ether oxygens (including phenoxy) is 1. The molecule has 0 aromatic carbocycles. The number of thiophene rings is 1. The molecule has 11 heteroatoms. The SMILES string of the molecule is Cn1nc(C(F)(F)F)c2cc(CC(NC(=O)OC(C)(C)C)C(=O)O)sc21. The van der Waals surface area contributed by atoms with Crippen LogP contribution in [-0.4, -0.2) is 38.6 Å². The van der Waals surface area contributed by atoms with Crippen LogP contribution >= 0.6 is 11.3 Å². The van der Waals surface area contributed by atoms with Crippen molar-refractivity contribution in [2.24, 2.45) is 7.05 Å². The summed E-state index contributed by atoms with van der Waals surface area (Å²) in [6.07, 6.45) is -5.70. The van der Waals surface area contributed by atoms with Crippen molar-refractivity contribution in [2.75, 3.05) is 0 Å². The predicted octanol–water partition coefficient (Wildman–Crippen LogP) is 3.17. The lowest BCUT2D eigenvalue weighted by atomic mass is 10.1. The molecule has 0 saturated heterocycles. The number of hydrogen-bond acceptors (Lipinski definition) is 5. The maximum absolute atomic E-state index is 13.0. The van der Waals surface area contributed by atoms with Gasteiger partial charge in [0.2, 0.25) is 0 Å². The Kier molecular flexibility index (Phi) is 5.22. The number of alkyl carbamates (subject to hydrolysis) is 1. The Hall–Kier alpha value is -2.30. The highest BCUT2D eigenvalue weighted by atomic mass is 32.1. The number of carbonyl (C=O) groups is 2. The van der Waals surface area contributed by atoms with Crippen LogP contribution < -0.4 is 5.32 Å². The van der Waals surface area contributed by atoms with Gasteiger partial charge in [-0.2, -0.15) is 18.3 Å². The highest BCUT2D eigenvalue weighted by molar-refractivity contribution is 7.18. The molecule has 2 aromatic rings. The van der Waals surface area contributed by atoms with Gasteiger partial charge in [0.1, 0.15) is 16.5 Å². The van der Waals surface area contributed by atoms with Crippen molar-refractivity contribution in [3.63, 3.8) is 0 Å². The number of halogens is 3. The van der Waals surface area contributed by atoms with Gasteiger partial charge in [-0.3, -0.25) is 4.68 Å². The largest absolute Gasteiger partial charge is 0.480 e. The lowest BCUT2D eigenvalue weighted by molar-refractivity contribution is -0.140. The molecule has 0 radical (unpaired) electrons. The van der Waals surface area contributed by atoms with Crippen LogP contribution in [0.4, 0.5) is 18.0 Å². The Balaban J connectivity index is 2.24. The number of hydrogen-bond donors (Lipinski definition) is 2. The van der Waals surface area contributed by atoms with E-state index < -0.39 is 35.6 Å². The summed E-state index contributed by atoms with van der Waals surface area (Å²) in [4.78, 5) is 23.8. The number of nitrogens with one attached hydrogen (secondary N) is 1. The third kappa shape index (κ3) is 4.65. The molecular formula is C15H18F3N3O4S. The summed E-state index contributed by atoms with van der Waals surface area (Å²) in [7, 11) is 1.38. The summed E-state index contributed by atoms with van der Waals surface area (Å²) in [5, 5.41) is 14.9. The second kappa shape index (κ2) is 6.78. The van der Waals surface area contributed by atoms with Crippen LogP contribution in [0.15, 0.2) is 6.07 Å². The van der Waals surface area contributed by atoms with Gasteiger partial charge in [0, 0.05) is 23.7 Å². The van der Waals surface area contributed by atoms with E-state index in [4.69, 9.17) is 4.74 Å². The molecule has 2 aromatic heterocycles. The molecule has 1 amide bonds. The molecule has 26 heavy (non-hydrogen) atoms. The van der Waals surface area contributed by atoms with E-state index in [1.807, 2.05) is 0 Å². The first-order chi connectivity index (χ1) is 11.8. The van der Waals surface area contributed by atoms with Crippen molar-refractivity contribution >= 4 is 33.6 Å². The molecule has 0 aliphatic carbocycles. The molecule has 0 spiro atoms. The van der Waals surface area contributed by atoms with Gasteiger partial charge in [-0.15, -0.1) is 11.3 Å². The molecule has 0 bridgehead atoms. The fourth-order valence-electron chi connectivity index (χ4n) is 2.25. The van der Waals surface area contributed by atoms with Crippen LogP contribution in [0.25, 0.3) is 10.2 Å². The fourth-order valence-corrected chi connectivity index (χ4v) is 3.37. The van der Waals surface area contributed by atoms with Crippen LogP contribution in [0.3, 0.4) is 0 Å². The Labute approximate surface area is 150 Å². The van der Waals surface area contributed by atoms with E-state index >= 15 is 0 Å². The summed E-state index contributed by atoms with van der Waals surface area (Å²) >= 11 is 0.992. The number of rotatable bonds is 4. The number of aliphatic carboxylic acids is 1. The quantitative estimate of drug-likeness (QED) is 0.832. The van der Waals surface area contributed by atoms with E-state index in [0.29, 0.717) is 4.88 Å². The summed E-state index contributed by atoms with van der Waals surface area (Å²) in [6.45, 7) is 4.88. The molecular weight excluding hydrogens is 375 g/mol. The van der Waals surface area contributed by atoms with E-state index in [9.17, 15) is 27.9 Å². The van der Waals surface area contributed by atoms with Crippen molar-refractivity contribution in [2.45, 2.75) is 45.0 Å². The lowest BCUT2D eigenvalue weighted by Gasteiger charge is -2.21. The molecule has 1 unspecified atom stereocenters. The first-order valence-corrected chi connectivity index (χ1v) is 8.34. The summed E-state index contributed by atoms with van der Waals surface area (Å²) in [6, 6.07) is -0.0806. The van der Waals surface area contributed by atoms with E-state index in [0.717, 1.165) is 16.0 Å². The predicted molar refractivity (Wildman–Crippen MR) is 88.1 cm³/mol. The van der Waals surface area contributed by atoms with E-state index in [2.05, 4.69) is 10.4 Å². The average Bonchev–Trinajstić information content (AvgIpc) is 2.95. The van der Waals surface area contributed by atoms with Crippen molar-refractivity contribution in [1.29, 1.82) is 0 Å². The number of amides is 1. The number of fused-ring (bicyclic) bond motifs is 1. The Morgan fingerprint density at radius 1 is 1.38 bits per heavy atom. The molecule has 0 fully saturated rings. The van der Waals surface area contributed by atoms with Crippen LogP contribution in [0, 0.1) is 0 Å². The normalized spacial score (nSPS) is 13.7. The van der Waals surface area contributed by atoms with E-state index in [1.54, 1.807) is 20.8 Å². The molecule has 0 aliphatic heterocycles. The molecule has 0 aliphatic rings. The first-order valence-electron chi connectivity index (χ1n) is 7.53. The van der Waals surface area contributed by atoms with E-state index in [-0.39, 0.29) is 16.6 Å². The van der Waals surface area contributed by atoms with E-state index in [1.165, 1.54) is 13.1 Å². The van der Waals surface area contributed by atoms with Crippen LogP contribution in [0.2, 0.25) is 0 Å². The highest BCUT2D eigenvalue weighted by Crippen LogP contribution is 2.37. The Morgan fingerprint density at radius 3 is 2.50 bits per heavy atom. The topological polar surface area (TPSA) is 93.5 Å². The number of aromatic nitrogens is 2. The maximum atomic E-state index is 13.0. The van der Waals surface area contributed by atoms with Crippen molar-refractivity contribution in [3.8, 4) is 0 Å².